The number of hydrogen-bond donors (Lipinski definition) is 1. The second kappa shape index (κ2) is 8.50. The first-order chi connectivity index (χ1) is 13.8. The van der Waals surface area contributed by atoms with Crippen molar-refractivity contribution in [2.45, 2.75) is 6.61 Å². The Bertz CT molecular complexity index is 1060. The first kappa shape index (κ1) is 17.9. The third-order valence-electron chi connectivity index (χ3n) is 4.18. The van der Waals surface area contributed by atoms with Gasteiger partial charge in [-0.1, -0.05) is 42.5 Å². The zero-order chi connectivity index (χ0) is 19.2. The van der Waals surface area contributed by atoms with Crippen molar-refractivity contribution in [1.82, 2.24) is 4.98 Å². The van der Waals surface area contributed by atoms with Crippen LogP contribution in [0.2, 0.25) is 0 Å². The molecule has 1 amide bonds. The first-order valence-electron chi connectivity index (χ1n) is 8.85. The molecule has 28 heavy (non-hydrogen) atoms. The fourth-order valence-corrected chi connectivity index (χ4v) is 3.64. The highest BCUT2D eigenvalue weighted by molar-refractivity contribution is 7.12. The Kier molecular flexibility index (Phi) is 5.45. The van der Waals surface area contributed by atoms with Crippen molar-refractivity contribution in [3.05, 3.63) is 101 Å². The van der Waals surface area contributed by atoms with E-state index in [1.165, 1.54) is 11.3 Å². The number of amides is 1. The van der Waals surface area contributed by atoms with Crippen LogP contribution in [-0.4, -0.2) is 10.9 Å². The molecule has 0 aliphatic rings. The van der Waals surface area contributed by atoms with E-state index >= 15 is 0 Å². The van der Waals surface area contributed by atoms with Crippen LogP contribution >= 0.6 is 11.3 Å². The molecule has 0 radical (unpaired) electrons. The van der Waals surface area contributed by atoms with E-state index in [9.17, 15) is 4.79 Å². The zero-order valence-corrected chi connectivity index (χ0v) is 15.9. The molecule has 0 saturated heterocycles. The number of anilines is 1. The lowest BCUT2D eigenvalue weighted by Crippen LogP contribution is -2.11. The summed E-state index contributed by atoms with van der Waals surface area (Å²) in [6.45, 7) is 0.425. The van der Waals surface area contributed by atoms with Gasteiger partial charge in [0.05, 0.1) is 4.88 Å². The summed E-state index contributed by atoms with van der Waals surface area (Å²) < 4.78 is 5.81. The monoisotopic (exact) mass is 386 g/mol. The van der Waals surface area contributed by atoms with Crippen molar-refractivity contribution in [2.75, 3.05) is 5.32 Å². The number of hydrogen-bond acceptors (Lipinski definition) is 4. The van der Waals surface area contributed by atoms with Gasteiger partial charge >= 0.3 is 0 Å². The molecule has 1 N–H and O–H groups in total. The zero-order valence-electron chi connectivity index (χ0n) is 15.0. The van der Waals surface area contributed by atoms with E-state index in [0.29, 0.717) is 22.9 Å². The van der Waals surface area contributed by atoms with Gasteiger partial charge in [0, 0.05) is 35.3 Å². The second-order valence-corrected chi connectivity index (χ2v) is 7.08. The molecule has 0 spiro atoms. The molecule has 0 aliphatic carbocycles. The van der Waals surface area contributed by atoms with Gasteiger partial charge < -0.3 is 10.1 Å². The van der Waals surface area contributed by atoms with E-state index in [1.807, 2.05) is 78.2 Å². The van der Waals surface area contributed by atoms with Crippen molar-refractivity contribution in [2.24, 2.45) is 0 Å². The van der Waals surface area contributed by atoms with E-state index < -0.39 is 0 Å². The Morgan fingerprint density at radius 2 is 1.89 bits per heavy atom. The molecule has 4 aromatic rings. The van der Waals surface area contributed by atoms with Gasteiger partial charge in [-0.05, 0) is 35.2 Å². The van der Waals surface area contributed by atoms with Gasteiger partial charge in [0.2, 0.25) is 0 Å². The molecule has 0 aliphatic heterocycles. The standard InChI is InChI=1S/C23H18N2O2S/c26-23(22-21(11-13-28-22)18-7-2-1-3-8-18)25-19-9-4-10-20(14-19)27-16-17-6-5-12-24-15-17/h1-15H,16H2,(H,25,26). The summed E-state index contributed by atoms with van der Waals surface area (Å²) in [7, 11) is 0. The van der Waals surface area contributed by atoms with Crippen molar-refractivity contribution in [1.29, 1.82) is 0 Å². The number of rotatable bonds is 6. The molecule has 0 atom stereocenters. The SMILES string of the molecule is O=C(Nc1cccc(OCc2cccnc2)c1)c1sccc1-c1ccccc1. The summed E-state index contributed by atoms with van der Waals surface area (Å²) in [5.41, 5.74) is 3.65. The summed E-state index contributed by atoms with van der Waals surface area (Å²) in [6.07, 6.45) is 3.50. The largest absolute Gasteiger partial charge is 0.489 e. The highest BCUT2D eigenvalue weighted by Gasteiger charge is 2.15. The average molecular weight is 386 g/mol. The summed E-state index contributed by atoms with van der Waals surface area (Å²) >= 11 is 1.43. The third-order valence-corrected chi connectivity index (χ3v) is 5.09. The number of nitrogens with zero attached hydrogens (tertiary/aromatic N) is 1. The molecule has 2 aromatic heterocycles. The summed E-state index contributed by atoms with van der Waals surface area (Å²) in [4.78, 5) is 17.6. The van der Waals surface area contributed by atoms with Crippen LogP contribution in [0.15, 0.2) is 90.6 Å². The number of nitrogens with one attached hydrogen (secondary N) is 1. The van der Waals surface area contributed by atoms with E-state index in [4.69, 9.17) is 4.74 Å². The number of aromatic nitrogens is 1. The van der Waals surface area contributed by atoms with Gasteiger partial charge in [-0.25, -0.2) is 0 Å². The molecule has 4 nitrogen and oxygen atoms in total. The number of thiophene rings is 1. The lowest BCUT2D eigenvalue weighted by molar-refractivity contribution is 0.103. The lowest BCUT2D eigenvalue weighted by atomic mass is 10.1. The Hall–Kier alpha value is -3.44. The van der Waals surface area contributed by atoms with Gasteiger partial charge in [-0.2, -0.15) is 0 Å². The molecule has 138 valence electrons. The van der Waals surface area contributed by atoms with Crippen LogP contribution in [0.25, 0.3) is 11.1 Å². The molecule has 4 rings (SSSR count). The number of carbonyl (C=O) groups excluding carboxylic acids is 1. The van der Waals surface area contributed by atoms with E-state index in [2.05, 4.69) is 10.3 Å². The Balaban J connectivity index is 1.46. The van der Waals surface area contributed by atoms with E-state index in [0.717, 1.165) is 16.7 Å². The van der Waals surface area contributed by atoms with E-state index in [-0.39, 0.29) is 5.91 Å². The second-order valence-electron chi connectivity index (χ2n) is 6.16. The molecule has 0 unspecified atom stereocenters. The smallest absolute Gasteiger partial charge is 0.266 e. The summed E-state index contributed by atoms with van der Waals surface area (Å²) in [6, 6.07) is 23.1. The molecule has 0 bridgehead atoms. The molecular weight excluding hydrogens is 368 g/mol. The minimum absolute atomic E-state index is 0.127. The lowest BCUT2D eigenvalue weighted by Gasteiger charge is -2.10. The van der Waals surface area contributed by atoms with Crippen molar-refractivity contribution in [3.63, 3.8) is 0 Å². The maximum atomic E-state index is 12.8. The summed E-state index contributed by atoms with van der Waals surface area (Å²) in [5.74, 6) is 0.564. The Morgan fingerprint density at radius 1 is 1.00 bits per heavy atom. The van der Waals surface area contributed by atoms with Gasteiger partial charge in [0.15, 0.2) is 0 Å². The van der Waals surface area contributed by atoms with Gasteiger partial charge in [-0.3, -0.25) is 9.78 Å². The third kappa shape index (κ3) is 4.27. The first-order valence-corrected chi connectivity index (χ1v) is 9.73. The number of pyridine rings is 1. The Labute approximate surface area is 167 Å². The number of benzene rings is 2. The molecule has 2 heterocycles. The fourth-order valence-electron chi connectivity index (χ4n) is 2.83. The maximum Gasteiger partial charge on any atom is 0.266 e. The van der Waals surface area contributed by atoms with Crippen molar-refractivity contribution in [3.8, 4) is 16.9 Å². The molecule has 0 saturated carbocycles. The highest BCUT2D eigenvalue weighted by atomic mass is 32.1. The van der Waals surface area contributed by atoms with Gasteiger partial charge in [0.1, 0.15) is 12.4 Å². The number of carbonyl (C=O) groups is 1. The van der Waals surface area contributed by atoms with Crippen LogP contribution in [0, 0.1) is 0 Å². The van der Waals surface area contributed by atoms with Crippen LogP contribution in [0.1, 0.15) is 15.2 Å². The molecule has 2 aromatic carbocycles. The summed E-state index contributed by atoms with van der Waals surface area (Å²) in [5, 5.41) is 4.91. The normalized spacial score (nSPS) is 10.4. The number of ether oxygens (including phenoxy) is 1. The van der Waals surface area contributed by atoms with Gasteiger partial charge in [-0.15, -0.1) is 11.3 Å². The maximum absolute atomic E-state index is 12.8. The average Bonchev–Trinajstić information content (AvgIpc) is 3.24. The minimum atomic E-state index is -0.127. The Morgan fingerprint density at radius 3 is 2.71 bits per heavy atom. The van der Waals surface area contributed by atoms with E-state index in [1.54, 1.807) is 12.4 Å². The molecular formula is C23H18N2O2S. The highest BCUT2D eigenvalue weighted by Crippen LogP contribution is 2.29. The van der Waals surface area contributed by atoms with Crippen molar-refractivity contribution < 1.29 is 9.53 Å². The van der Waals surface area contributed by atoms with Crippen LogP contribution in [0.3, 0.4) is 0 Å². The quantitative estimate of drug-likeness (QED) is 0.466. The predicted molar refractivity (Wildman–Crippen MR) is 113 cm³/mol. The van der Waals surface area contributed by atoms with Crippen LogP contribution in [-0.2, 0) is 6.61 Å². The van der Waals surface area contributed by atoms with Gasteiger partial charge in [0.25, 0.3) is 5.91 Å². The molecule has 0 fully saturated rings. The van der Waals surface area contributed by atoms with Crippen molar-refractivity contribution >= 4 is 22.9 Å². The molecule has 5 heteroatoms. The van der Waals surface area contributed by atoms with Crippen LogP contribution < -0.4 is 10.1 Å². The fraction of sp³-hybridized carbons (Fsp3) is 0.0435. The minimum Gasteiger partial charge on any atom is -0.489 e. The predicted octanol–water partition coefficient (Wildman–Crippen LogP) is 5.64. The topological polar surface area (TPSA) is 51.2 Å². The van der Waals surface area contributed by atoms with Crippen LogP contribution in [0.5, 0.6) is 5.75 Å². The van der Waals surface area contributed by atoms with Crippen LogP contribution in [0.4, 0.5) is 5.69 Å².